The molecule has 2 aromatic carbocycles. The van der Waals surface area contributed by atoms with Crippen molar-refractivity contribution in [2.24, 2.45) is 5.41 Å². The molecule has 0 spiro atoms. The summed E-state index contributed by atoms with van der Waals surface area (Å²) in [7, 11) is 0. The highest BCUT2D eigenvalue weighted by molar-refractivity contribution is 6.31. The second-order valence-electron chi connectivity index (χ2n) is 6.35. The Morgan fingerprint density at radius 1 is 1.08 bits per heavy atom. The van der Waals surface area contributed by atoms with Crippen LogP contribution in [-0.4, -0.2) is 11.8 Å². The lowest BCUT2D eigenvalue weighted by molar-refractivity contribution is -0.138. The van der Waals surface area contributed by atoms with Crippen LogP contribution < -0.4 is 10.6 Å². The van der Waals surface area contributed by atoms with E-state index in [2.05, 4.69) is 10.6 Å². The van der Waals surface area contributed by atoms with Gasteiger partial charge < -0.3 is 10.6 Å². The number of rotatable bonds is 5. The summed E-state index contributed by atoms with van der Waals surface area (Å²) < 4.78 is 12.9. The Bertz CT molecular complexity index is 789. The molecule has 2 N–H and O–H groups in total. The van der Waals surface area contributed by atoms with Crippen LogP contribution in [0.25, 0.3) is 0 Å². The van der Waals surface area contributed by atoms with Crippen molar-refractivity contribution in [2.45, 2.75) is 27.3 Å². The zero-order valence-electron chi connectivity index (χ0n) is 14.3. The highest BCUT2D eigenvalue weighted by atomic mass is 35.5. The lowest BCUT2D eigenvalue weighted by Crippen LogP contribution is -2.45. The summed E-state index contributed by atoms with van der Waals surface area (Å²) >= 11 is 5.95. The quantitative estimate of drug-likeness (QED) is 0.788. The Balaban J connectivity index is 2.02. The van der Waals surface area contributed by atoms with Crippen LogP contribution >= 0.6 is 11.6 Å². The molecule has 0 saturated heterocycles. The fraction of sp³-hybridized carbons (Fsp3) is 0.263. The summed E-state index contributed by atoms with van der Waals surface area (Å²) in [5.41, 5.74) is 0.878. The van der Waals surface area contributed by atoms with Crippen LogP contribution in [0.1, 0.15) is 25.0 Å². The third kappa shape index (κ3) is 4.79. The molecule has 0 aliphatic rings. The zero-order chi connectivity index (χ0) is 18.6. The molecule has 0 aromatic heterocycles. The molecule has 0 unspecified atom stereocenters. The molecule has 0 bridgehead atoms. The SMILES string of the molecule is Cc1ccc(Cl)cc1NC(=O)C(C)(C)C(=O)NCc1ccc(F)cc1. The average molecular weight is 363 g/mol. The predicted octanol–water partition coefficient (Wildman–Crippen LogP) is 4.07. The maximum Gasteiger partial charge on any atom is 0.239 e. The van der Waals surface area contributed by atoms with Gasteiger partial charge in [0.05, 0.1) is 0 Å². The molecule has 6 heteroatoms. The van der Waals surface area contributed by atoms with Crippen molar-refractivity contribution >= 4 is 29.1 Å². The number of amides is 2. The minimum absolute atomic E-state index is 0.214. The highest BCUT2D eigenvalue weighted by Crippen LogP contribution is 2.24. The third-order valence-corrected chi connectivity index (χ3v) is 4.18. The van der Waals surface area contributed by atoms with Crippen LogP contribution in [0.5, 0.6) is 0 Å². The normalized spacial score (nSPS) is 11.1. The maximum absolute atomic E-state index is 12.9. The van der Waals surface area contributed by atoms with E-state index < -0.39 is 17.2 Å². The fourth-order valence-corrected chi connectivity index (χ4v) is 2.29. The molecule has 0 radical (unpaired) electrons. The Morgan fingerprint density at radius 2 is 1.72 bits per heavy atom. The second-order valence-corrected chi connectivity index (χ2v) is 6.78. The zero-order valence-corrected chi connectivity index (χ0v) is 15.1. The van der Waals surface area contributed by atoms with E-state index in [1.165, 1.54) is 12.1 Å². The Kier molecular flexibility index (Phi) is 5.80. The number of hydrogen-bond donors (Lipinski definition) is 2. The first-order valence-corrected chi connectivity index (χ1v) is 8.18. The van der Waals surface area contributed by atoms with Crippen LogP contribution in [0, 0.1) is 18.2 Å². The Labute approximate surface area is 151 Å². The van der Waals surface area contributed by atoms with Crippen LogP contribution in [0.2, 0.25) is 5.02 Å². The molecule has 0 heterocycles. The van der Waals surface area contributed by atoms with Crippen molar-refractivity contribution in [3.63, 3.8) is 0 Å². The van der Waals surface area contributed by atoms with Gasteiger partial charge in [0.2, 0.25) is 11.8 Å². The van der Waals surface area contributed by atoms with Crippen molar-refractivity contribution < 1.29 is 14.0 Å². The van der Waals surface area contributed by atoms with Gasteiger partial charge in [0.15, 0.2) is 0 Å². The first-order chi connectivity index (χ1) is 11.7. The van der Waals surface area contributed by atoms with E-state index in [4.69, 9.17) is 11.6 Å². The van der Waals surface area contributed by atoms with Gasteiger partial charge in [0, 0.05) is 17.3 Å². The first kappa shape index (κ1) is 18.9. The molecule has 4 nitrogen and oxygen atoms in total. The standard InChI is InChI=1S/C19H20ClFN2O2/c1-12-4-7-14(20)10-16(12)23-18(25)19(2,3)17(24)22-11-13-5-8-15(21)9-6-13/h4-10H,11H2,1-3H3,(H,22,24)(H,23,25). The van der Waals surface area contributed by atoms with Crippen LogP contribution in [0.3, 0.4) is 0 Å². The molecule has 0 saturated carbocycles. The van der Waals surface area contributed by atoms with Gasteiger partial charge in [-0.25, -0.2) is 4.39 Å². The van der Waals surface area contributed by atoms with E-state index in [-0.39, 0.29) is 12.4 Å². The predicted molar refractivity (Wildman–Crippen MR) is 96.8 cm³/mol. The number of benzene rings is 2. The van der Waals surface area contributed by atoms with Gasteiger partial charge in [-0.15, -0.1) is 0 Å². The summed E-state index contributed by atoms with van der Waals surface area (Å²) in [5.74, 6) is -1.20. The fourth-order valence-electron chi connectivity index (χ4n) is 2.12. The van der Waals surface area contributed by atoms with Gasteiger partial charge in [0.25, 0.3) is 0 Å². The molecular formula is C19H20ClFN2O2. The minimum atomic E-state index is -1.28. The van der Waals surface area contributed by atoms with Crippen molar-refractivity contribution in [1.82, 2.24) is 5.32 Å². The molecule has 0 aliphatic carbocycles. The van der Waals surface area contributed by atoms with Crippen molar-refractivity contribution in [3.8, 4) is 0 Å². The molecule has 0 atom stereocenters. The smallest absolute Gasteiger partial charge is 0.239 e. The number of anilines is 1. The topological polar surface area (TPSA) is 58.2 Å². The summed E-state index contributed by atoms with van der Waals surface area (Å²) in [6.45, 7) is 5.14. The van der Waals surface area contributed by atoms with Gasteiger partial charge in [0.1, 0.15) is 11.2 Å². The van der Waals surface area contributed by atoms with Crippen molar-refractivity contribution in [1.29, 1.82) is 0 Å². The van der Waals surface area contributed by atoms with Crippen molar-refractivity contribution in [3.05, 3.63) is 64.4 Å². The van der Waals surface area contributed by atoms with Crippen LogP contribution in [-0.2, 0) is 16.1 Å². The van der Waals surface area contributed by atoms with Crippen LogP contribution in [0.15, 0.2) is 42.5 Å². The summed E-state index contributed by atoms with van der Waals surface area (Å²) in [6, 6.07) is 11.0. The van der Waals surface area contributed by atoms with Gasteiger partial charge in [-0.2, -0.15) is 0 Å². The number of aryl methyl sites for hydroxylation is 1. The number of carbonyl (C=O) groups excluding carboxylic acids is 2. The number of carbonyl (C=O) groups is 2. The molecule has 2 rings (SSSR count). The largest absolute Gasteiger partial charge is 0.351 e. The summed E-state index contributed by atoms with van der Waals surface area (Å²) in [4.78, 5) is 24.9. The monoisotopic (exact) mass is 362 g/mol. The molecule has 132 valence electrons. The van der Waals surface area contributed by atoms with E-state index in [1.807, 2.05) is 6.92 Å². The van der Waals surface area contributed by atoms with Gasteiger partial charge in [-0.05, 0) is 56.2 Å². The Hall–Kier alpha value is -2.40. The lowest BCUT2D eigenvalue weighted by atomic mass is 9.90. The average Bonchev–Trinajstić information content (AvgIpc) is 2.57. The van der Waals surface area contributed by atoms with E-state index in [1.54, 1.807) is 44.2 Å². The van der Waals surface area contributed by atoms with E-state index in [0.717, 1.165) is 11.1 Å². The van der Waals surface area contributed by atoms with E-state index in [0.29, 0.717) is 10.7 Å². The maximum atomic E-state index is 12.9. The first-order valence-electron chi connectivity index (χ1n) is 7.80. The molecule has 0 fully saturated rings. The highest BCUT2D eigenvalue weighted by Gasteiger charge is 2.36. The van der Waals surface area contributed by atoms with Gasteiger partial charge in [-0.1, -0.05) is 29.8 Å². The summed E-state index contributed by atoms with van der Waals surface area (Å²) in [6.07, 6.45) is 0. The molecule has 2 amide bonds. The lowest BCUT2D eigenvalue weighted by Gasteiger charge is -2.23. The minimum Gasteiger partial charge on any atom is -0.351 e. The third-order valence-electron chi connectivity index (χ3n) is 3.95. The van der Waals surface area contributed by atoms with E-state index in [9.17, 15) is 14.0 Å². The van der Waals surface area contributed by atoms with Gasteiger partial charge in [-0.3, -0.25) is 9.59 Å². The number of hydrogen-bond acceptors (Lipinski definition) is 2. The number of nitrogens with one attached hydrogen (secondary N) is 2. The number of halogens is 2. The molecule has 0 aliphatic heterocycles. The van der Waals surface area contributed by atoms with Crippen molar-refractivity contribution in [2.75, 3.05) is 5.32 Å². The summed E-state index contributed by atoms with van der Waals surface area (Å²) in [5, 5.41) is 5.95. The molecule has 2 aromatic rings. The molecular weight excluding hydrogens is 343 g/mol. The van der Waals surface area contributed by atoms with E-state index >= 15 is 0 Å². The van der Waals surface area contributed by atoms with Crippen LogP contribution in [0.4, 0.5) is 10.1 Å². The van der Waals surface area contributed by atoms with Gasteiger partial charge >= 0.3 is 0 Å². The molecule has 25 heavy (non-hydrogen) atoms. The second kappa shape index (κ2) is 7.66. The Morgan fingerprint density at radius 3 is 2.36 bits per heavy atom.